The summed E-state index contributed by atoms with van der Waals surface area (Å²) < 4.78 is 17.4. The predicted molar refractivity (Wildman–Crippen MR) is 146 cm³/mol. The minimum Gasteiger partial charge on any atom is -0.490 e. The number of hydrazone groups is 1. The van der Waals surface area contributed by atoms with Crippen molar-refractivity contribution in [2.24, 2.45) is 5.10 Å². The highest BCUT2D eigenvalue weighted by Gasteiger charge is 2.12. The van der Waals surface area contributed by atoms with Gasteiger partial charge in [-0.3, -0.25) is 5.43 Å². The first-order valence-electron chi connectivity index (χ1n) is 11.4. The van der Waals surface area contributed by atoms with Crippen LogP contribution in [-0.4, -0.2) is 31.1 Å². The lowest BCUT2D eigenvalue weighted by atomic mass is 10.1. The predicted octanol–water partition coefficient (Wildman–Crippen LogP) is 5.81. The Morgan fingerprint density at radius 2 is 1.74 bits per heavy atom. The van der Waals surface area contributed by atoms with Gasteiger partial charge in [-0.25, -0.2) is 0 Å². The molecule has 0 aliphatic heterocycles. The van der Waals surface area contributed by atoms with Gasteiger partial charge < -0.3 is 19.5 Å². The van der Waals surface area contributed by atoms with Crippen LogP contribution in [0.5, 0.6) is 17.2 Å². The fourth-order valence-electron chi connectivity index (χ4n) is 3.16. The molecule has 0 aliphatic rings. The fourth-order valence-corrected chi connectivity index (χ4v) is 3.55. The minimum absolute atomic E-state index is 0.322. The number of benzene rings is 3. The average molecular weight is 512 g/mol. The van der Waals surface area contributed by atoms with Crippen molar-refractivity contribution in [1.29, 1.82) is 0 Å². The maximum Gasteiger partial charge on any atom is 0.187 e. The number of halogens is 1. The molecule has 3 aromatic carbocycles. The van der Waals surface area contributed by atoms with Crippen LogP contribution in [0.4, 0.5) is 0 Å². The number of ether oxygens (including phenoxy) is 3. The molecule has 0 saturated heterocycles. The Kier molecular flexibility index (Phi) is 10.2. The Labute approximate surface area is 217 Å². The molecule has 184 valence electrons. The van der Waals surface area contributed by atoms with Crippen LogP contribution in [-0.2, 0) is 6.54 Å². The van der Waals surface area contributed by atoms with E-state index in [9.17, 15) is 0 Å². The van der Waals surface area contributed by atoms with E-state index in [1.165, 1.54) is 11.1 Å². The van der Waals surface area contributed by atoms with Gasteiger partial charge in [0.15, 0.2) is 16.6 Å². The molecular weight excluding hydrogens is 482 g/mol. The van der Waals surface area contributed by atoms with Crippen LogP contribution < -0.4 is 25.0 Å². The van der Waals surface area contributed by atoms with E-state index < -0.39 is 0 Å². The highest BCUT2D eigenvalue weighted by Crippen LogP contribution is 2.36. The van der Waals surface area contributed by atoms with Crippen molar-refractivity contribution in [3.05, 3.63) is 87.9 Å². The first kappa shape index (κ1) is 26.3. The van der Waals surface area contributed by atoms with E-state index >= 15 is 0 Å². The Hall–Kier alpha value is -3.29. The molecule has 0 fully saturated rings. The number of thiocarbonyl (C=S) groups is 1. The topological polar surface area (TPSA) is 64.1 Å². The zero-order valence-corrected chi connectivity index (χ0v) is 21.7. The van der Waals surface area contributed by atoms with Crippen LogP contribution in [0.2, 0.25) is 5.02 Å². The summed E-state index contributed by atoms with van der Waals surface area (Å²) in [4.78, 5) is 0. The molecular formula is C27H30ClN3O3S. The van der Waals surface area contributed by atoms with E-state index in [0.717, 1.165) is 16.9 Å². The zero-order valence-electron chi connectivity index (χ0n) is 20.1. The molecule has 0 radical (unpaired) electrons. The molecule has 0 saturated carbocycles. The van der Waals surface area contributed by atoms with Gasteiger partial charge in [0.2, 0.25) is 0 Å². The molecule has 0 aliphatic carbocycles. The van der Waals surface area contributed by atoms with E-state index in [1.54, 1.807) is 12.3 Å². The van der Waals surface area contributed by atoms with Crippen molar-refractivity contribution in [3.8, 4) is 17.2 Å². The van der Waals surface area contributed by atoms with E-state index in [1.807, 2.05) is 61.5 Å². The maximum atomic E-state index is 6.50. The average Bonchev–Trinajstić information content (AvgIpc) is 2.85. The molecule has 0 aromatic heterocycles. The first-order valence-corrected chi connectivity index (χ1v) is 12.1. The van der Waals surface area contributed by atoms with Crippen molar-refractivity contribution < 1.29 is 14.2 Å². The van der Waals surface area contributed by atoms with Gasteiger partial charge in [-0.15, -0.1) is 0 Å². The summed E-state index contributed by atoms with van der Waals surface area (Å²) >= 11 is 11.8. The lowest BCUT2D eigenvalue weighted by Crippen LogP contribution is -2.31. The zero-order chi connectivity index (χ0) is 25.0. The molecule has 3 aromatic rings. The molecule has 0 atom stereocenters. The lowest BCUT2D eigenvalue weighted by molar-refractivity contribution is 0.208. The van der Waals surface area contributed by atoms with Crippen LogP contribution in [0.15, 0.2) is 65.8 Å². The Morgan fingerprint density at radius 1 is 0.971 bits per heavy atom. The van der Waals surface area contributed by atoms with Crippen LogP contribution >= 0.6 is 23.8 Å². The SMILES string of the molecule is CCOc1cc(/C=N\NC(=S)NCc2ccccc2)cc(Cl)c1OCCOc1ccc(C)c(C)c1. The quantitative estimate of drug-likeness (QED) is 0.146. The van der Waals surface area contributed by atoms with Gasteiger partial charge in [-0.05, 0) is 79.5 Å². The summed E-state index contributed by atoms with van der Waals surface area (Å²) in [5.74, 6) is 1.82. The molecule has 8 heteroatoms. The van der Waals surface area contributed by atoms with E-state index in [2.05, 4.69) is 29.7 Å². The molecule has 0 spiro atoms. The molecule has 2 N–H and O–H groups in total. The van der Waals surface area contributed by atoms with E-state index in [4.69, 9.17) is 38.0 Å². The summed E-state index contributed by atoms with van der Waals surface area (Å²) in [6.45, 7) is 7.82. The van der Waals surface area contributed by atoms with Crippen molar-refractivity contribution in [1.82, 2.24) is 10.7 Å². The van der Waals surface area contributed by atoms with Gasteiger partial charge in [0, 0.05) is 6.54 Å². The van der Waals surface area contributed by atoms with Gasteiger partial charge in [0.05, 0.1) is 17.8 Å². The number of nitrogens with one attached hydrogen (secondary N) is 2. The smallest absolute Gasteiger partial charge is 0.187 e. The summed E-state index contributed by atoms with van der Waals surface area (Å²) in [7, 11) is 0. The first-order chi connectivity index (χ1) is 17.0. The van der Waals surface area contributed by atoms with Gasteiger partial charge >= 0.3 is 0 Å². The van der Waals surface area contributed by atoms with Crippen LogP contribution in [0.3, 0.4) is 0 Å². The third kappa shape index (κ3) is 8.46. The largest absolute Gasteiger partial charge is 0.490 e. The fraction of sp³-hybridized carbons (Fsp3) is 0.259. The standard InChI is InChI=1S/C27H30ClN3O3S/c1-4-32-25-16-22(18-30-31-27(35)29-17-21-8-6-5-7-9-21)15-24(28)26(25)34-13-12-33-23-11-10-19(2)20(3)14-23/h5-11,14-16,18H,4,12-13,17H2,1-3H3,(H2,29,31,35)/b30-18-. The number of hydrogen-bond donors (Lipinski definition) is 2. The van der Waals surface area contributed by atoms with Crippen LogP contribution in [0.25, 0.3) is 0 Å². The third-order valence-corrected chi connectivity index (χ3v) is 5.60. The Morgan fingerprint density at radius 3 is 2.49 bits per heavy atom. The van der Waals surface area contributed by atoms with Crippen molar-refractivity contribution in [2.75, 3.05) is 19.8 Å². The van der Waals surface area contributed by atoms with Crippen molar-refractivity contribution >= 4 is 35.1 Å². The summed E-state index contributed by atoms with van der Waals surface area (Å²) in [5.41, 5.74) is 7.10. The lowest BCUT2D eigenvalue weighted by Gasteiger charge is -2.15. The normalized spacial score (nSPS) is 10.7. The van der Waals surface area contributed by atoms with E-state index in [0.29, 0.717) is 48.0 Å². The Balaban J connectivity index is 1.54. The van der Waals surface area contributed by atoms with Crippen LogP contribution in [0.1, 0.15) is 29.2 Å². The Bertz CT molecular complexity index is 1160. The second kappa shape index (κ2) is 13.6. The minimum atomic E-state index is 0.322. The third-order valence-electron chi connectivity index (χ3n) is 5.08. The van der Waals surface area contributed by atoms with Crippen molar-refractivity contribution in [3.63, 3.8) is 0 Å². The van der Waals surface area contributed by atoms with E-state index in [-0.39, 0.29) is 0 Å². The molecule has 0 heterocycles. The number of nitrogens with zero attached hydrogens (tertiary/aromatic N) is 1. The van der Waals surface area contributed by atoms with Gasteiger partial charge in [0.25, 0.3) is 0 Å². The number of rotatable bonds is 11. The number of hydrogen-bond acceptors (Lipinski definition) is 5. The van der Waals surface area contributed by atoms with Crippen LogP contribution in [0, 0.1) is 13.8 Å². The molecule has 6 nitrogen and oxygen atoms in total. The highest BCUT2D eigenvalue weighted by atomic mass is 35.5. The number of aryl methyl sites for hydroxylation is 2. The molecule has 35 heavy (non-hydrogen) atoms. The molecule has 0 unspecified atom stereocenters. The highest BCUT2D eigenvalue weighted by molar-refractivity contribution is 7.80. The van der Waals surface area contributed by atoms with Gasteiger partial charge in [-0.1, -0.05) is 48.0 Å². The maximum absolute atomic E-state index is 6.50. The van der Waals surface area contributed by atoms with Gasteiger partial charge in [0.1, 0.15) is 19.0 Å². The van der Waals surface area contributed by atoms with Crippen molar-refractivity contribution in [2.45, 2.75) is 27.3 Å². The second-order valence-corrected chi connectivity index (χ2v) is 8.56. The molecule has 0 bridgehead atoms. The molecule has 0 amide bonds. The monoisotopic (exact) mass is 511 g/mol. The second-order valence-electron chi connectivity index (χ2n) is 7.74. The summed E-state index contributed by atoms with van der Waals surface area (Å²) in [6, 6.07) is 19.6. The van der Waals surface area contributed by atoms with Gasteiger partial charge in [-0.2, -0.15) is 5.10 Å². The summed E-state index contributed by atoms with van der Waals surface area (Å²) in [5, 5.41) is 8.15. The molecule has 3 rings (SSSR count). The summed E-state index contributed by atoms with van der Waals surface area (Å²) in [6.07, 6.45) is 1.62.